The van der Waals surface area contributed by atoms with E-state index in [0.717, 1.165) is 10.9 Å². The van der Waals surface area contributed by atoms with E-state index >= 15 is 0 Å². The monoisotopic (exact) mass is 657 g/mol. The van der Waals surface area contributed by atoms with Crippen LogP contribution >= 0.6 is 23.2 Å². The molecule has 4 N–H and O–H groups in total. The molecule has 0 bridgehead atoms. The van der Waals surface area contributed by atoms with Crippen LogP contribution in [0.3, 0.4) is 0 Å². The van der Waals surface area contributed by atoms with Crippen molar-refractivity contribution in [3.63, 3.8) is 0 Å². The number of carbonyl (C=O) groups is 3. The molecule has 1 fully saturated rings. The summed E-state index contributed by atoms with van der Waals surface area (Å²) in [6, 6.07) is 12.4. The number of hydrogen-bond acceptors (Lipinski definition) is 5. The summed E-state index contributed by atoms with van der Waals surface area (Å²) < 4.78 is 12.5. The van der Waals surface area contributed by atoms with Crippen LogP contribution in [0, 0.1) is 0 Å². The first kappa shape index (κ1) is 34.1. The van der Waals surface area contributed by atoms with Gasteiger partial charge in [-0.3, -0.25) is 4.79 Å². The van der Waals surface area contributed by atoms with Gasteiger partial charge in [0.2, 0.25) is 0 Å². The Morgan fingerprint density at radius 2 is 1.53 bits per heavy atom. The summed E-state index contributed by atoms with van der Waals surface area (Å²) in [7, 11) is 0. The highest BCUT2D eigenvalue weighted by molar-refractivity contribution is 6.42. The molecule has 0 saturated heterocycles. The third-order valence-corrected chi connectivity index (χ3v) is 8.04. The summed E-state index contributed by atoms with van der Waals surface area (Å²) in [6.07, 6.45) is 1.60. The van der Waals surface area contributed by atoms with Crippen LogP contribution in [0.4, 0.5) is 9.59 Å². The van der Waals surface area contributed by atoms with E-state index in [-0.39, 0.29) is 30.4 Å². The summed E-state index contributed by atoms with van der Waals surface area (Å²) in [5.74, 6) is -0.257. The maximum atomic E-state index is 13.8. The molecule has 1 aliphatic carbocycles. The molecule has 242 valence electrons. The zero-order chi connectivity index (χ0) is 33.1. The first-order valence-corrected chi connectivity index (χ1v) is 15.7. The number of benzene rings is 2. The fourth-order valence-electron chi connectivity index (χ4n) is 5.18. The number of halogens is 2. The molecule has 4 rings (SSSR count). The first-order chi connectivity index (χ1) is 21.0. The average molecular weight is 659 g/mol. The fourth-order valence-corrected chi connectivity index (χ4v) is 5.56. The molecule has 12 heteroatoms. The molecule has 2 aromatic carbocycles. The zero-order valence-electron chi connectivity index (χ0n) is 26.5. The number of hydrogen-bond donors (Lipinski definition) is 3. The number of fused-ring (bicyclic) bond motifs is 1. The van der Waals surface area contributed by atoms with Crippen molar-refractivity contribution in [2.45, 2.75) is 97.1 Å². The first-order valence-electron chi connectivity index (χ1n) is 14.9. The maximum absolute atomic E-state index is 13.8. The van der Waals surface area contributed by atoms with E-state index in [1.807, 2.05) is 43.5 Å². The molecule has 0 atom stereocenters. The van der Waals surface area contributed by atoms with Gasteiger partial charge >= 0.3 is 12.2 Å². The van der Waals surface area contributed by atoms with Gasteiger partial charge in [0.15, 0.2) is 0 Å². The van der Waals surface area contributed by atoms with Gasteiger partial charge in [-0.15, -0.1) is 0 Å². The van der Waals surface area contributed by atoms with Crippen LogP contribution < -0.4 is 16.4 Å². The number of amidine groups is 1. The number of alkyl carbamates (subject to hydrolysis) is 1. The number of nitrogens with one attached hydrogen (secondary N) is 2. The Morgan fingerprint density at radius 1 is 0.911 bits per heavy atom. The number of aliphatic imine (C=N–C) groups is 1. The fraction of sp³-hybridized carbons (Fsp3) is 0.455. The van der Waals surface area contributed by atoms with Gasteiger partial charge in [0.25, 0.3) is 5.91 Å². The van der Waals surface area contributed by atoms with Gasteiger partial charge in [0.05, 0.1) is 10.0 Å². The van der Waals surface area contributed by atoms with Gasteiger partial charge in [-0.1, -0.05) is 47.5 Å². The quantitative estimate of drug-likeness (QED) is 0.189. The molecule has 3 amide bonds. The van der Waals surface area contributed by atoms with Crippen molar-refractivity contribution in [2.24, 2.45) is 10.7 Å². The highest BCUT2D eigenvalue weighted by Crippen LogP contribution is 2.30. The minimum atomic E-state index is -0.794. The molecule has 10 nitrogen and oxygen atoms in total. The molecule has 1 aromatic heterocycles. The van der Waals surface area contributed by atoms with Crippen molar-refractivity contribution in [1.29, 1.82) is 0 Å². The number of nitrogens with zero attached hydrogens (tertiary/aromatic N) is 2. The third-order valence-electron chi connectivity index (χ3n) is 7.18. The minimum absolute atomic E-state index is 0.0116. The van der Waals surface area contributed by atoms with Gasteiger partial charge in [0, 0.05) is 35.1 Å². The van der Waals surface area contributed by atoms with Crippen LogP contribution in [0.15, 0.2) is 47.5 Å². The molecule has 0 aliphatic heterocycles. The lowest BCUT2D eigenvalue weighted by molar-refractivity contribution is 0.0486. The summed E-state index contributed by atoms with van der Waals surface area (Å²) in [4.78, 5) is 42.2. The second-order valence-corrected chi connectivity index (χ2v) is 14.0. The van der Waals surface area contributed by atoms with Crippen LogP contribution in [0.2, 0.25) is 10.0 Å². The molecular weight excluding hydrogens is 617 g/mol. The lowest BCUT2D eigenvalue weighted by atomic mass is 9.91. The second-order valence-electron chi connectivity index (χ2n) is 13.2. The Morgan fingerprint density at radius 3 is 2.16 bits per heavy atom. The Kier molecular flexibility index (Phi) is 10.4. The molecular formula is C33H41Cl2N5O5. The van der Waals surface area contributed by atoms with Crippen LogP contribution in [0.1, 0.15) is 88.8 Å². The van der Waals surface area contributed by atoms with Gasteiger partial charge in [-0.25, -0.2) is 9.59 Å². The lowest BCUT2D eigenvalue weighted by Gasteiger charge is -2.30. The van der Waals surface area contributed by atoms with Gasteiger partial charge in [-0.2, -0.15) is 4.99 Å². The van der Waals surface area contributed by atoms with E-state index in [0.29, 0.717) is 52.5 Å². The molecule has 1 saturated carbocycles. The molecule has 1 aliphatic rings. The van der Waals surface area contributed by atoms with Gasteiger partial charge in [0.1, 0.15) is 22.7 Å². The van der Waals surface area contributed by atoms with Gasteiger partial charge in [-0.05, 0) is 91.0 Å². The zero-order valence-corrected chi connectivity index (χ0v) is 28.0. The van der Waals surface area contributed by atoms with Crippen LogP contribution in [-0.2, 0) is 16.0 Å². The van der Waals surface area contributed by atoms with E-state index in [1.54, 1.807) is 45.0 Å². The molecule has 1 heterocycles. The van der Waals surface area contributed by atoms with Crippen molar-refractivity contribution >= 4 is 58.0 Å². The van der Waals surface area contributed by atoms with Crippen molar-refractivity contribution in [3.8, 4) is 0 Å². The van der Waals surface area contributed by atoms with E-state index in [2.05, 4.69) is 15.6 Å². The van der Waals surface area contributed by atoms with E-state index in [9.17, 15) is 14.4 Å². The number of aromatic nitrogens is 1. The van der Waals surface area contributed by atoms with Crippen molar-refractivity contribution in [3.05, 3.63) is 69.3 Å². The van der Waals surface area contributed by atoms with Crippen LogP contribution in [0.25, 0.3) is 10.9 Å². The second kappa shape index (κ2) is 13.7. The number of amides is 3. The highest BCUT2D eigenvalue weighted by atomic mass is 35.5. The van der Waals surface area contributed by atoms with E-state index in [1.165, 1.54) is 0 Å². The lowest BCUT2D eigenvalue weighted by Crippen LogP contribution is -2.45. The average Bonchev–Trinajstić information content (AvgIpc) is 3.28. The van der Waals surface area contributed by atoms with E-state index in [4.69, 9.17) is 38.4 Å². The number of ether oxygens (including phenoxy) is 2. The summed E-state index contributed by atoms with van der Waals surface area (Å²) in [5.41, 5.74) is 7.26. The standard InChI is InChI=1S/C33H41Cl2N5O5/c1-32(2,3)44-30(42)38-23-14-12-22(13-15-23)37-29(41)26-16-19-10-11-20(28(36)39-31(43)45-33(4,5)6)17-25(19)40(26)18-21-8-7-9-24(34)27(21)35/h7-11,16-17,22-23H,12-15,18H2,1-6H3,(H,37,41)(H,38,42)(H2,36,39,43). The third kappa shape index (κ3) is 9.37. The Hall–Kier alpha value is -3.76. The van der Waals surface area contributed by atoms with E-state index < -0.39 is 23.4 Å². The van der Waals surface area contributed by atoms with Crippen LogP contribution in [0.5, 0.6) is 0 Å². The Labute approximate surface area is 273 Å². The molecule has 45 heavy (non-hydrogen) atoms. The number of nitrogens with two attached hydrogens (primary N) is 1. The summed E-state index contributed by atoms with van der Waals surface area (Å²) >= 11 is 12.9. The number of carbonyl (C=O) groups excluding carboxylic acids is 3. The predicted octanol–water partition coefficient (Wildman–Crippen LogP) is 7.20. The SMILES string of the molecule is CC(C)(C)OC(=O)/N=C(\N)c1ccc2cc(C(=O)NC3CCC(NC(=O)OC(C)(C)C)CC3)n(Cc3cccc(Cl)c3Cl)c2c1. The molecule has 0 radical (unpaired) electrons. The molecule has 0 unspecified atom stereocenters. The van der Waals surface area contributed by atoms with Crippen molar-refractivity contribution in [2.75, 3.05) is 0 Å². The Bertz CT molecular complexity index is 1610. The topological polar surface area (TPSA) is 137 Å². The van der Waals surface area contributed by atoms with Gasteiger partial charge < -0.3 is 30.4 Å². The van der Waals surface area contributed by atoms with Crippen molar-refractivity contribution in [1.82, 2.24) is 15.2 Å². The molecule has 0 spiro atoms. The Balaban J connectivity index is 1.58. The minimum Gasteiger partial charge on any atom is -0.444 e. The maximum Gasteiger partial charge on any atom is 0.436 e. The smallest absolute Gasteiger partial charge is 0.436 e. The summed E-state index contributed by atoms with van der Waals surface area (Å²) in [5, 5.41) is 7.69. The largest absolute Gasteiger partial charge is 0.444 e. The molecule has 3 aromatic rings. The predicted molar refractivity (Wildman–Crippen MR) is 177 cm³/mol. The summed E-state index contributed by atoms with van der Waals surface area (Å²) in [6.45, 7) is 11.0. The highest BCUT2D eigenvalue weighted by Gasteiger charge is 2.27. The van der Waals surface area contributed by atoms with Crippen LogP contribution in [-0.4, -0.2) is 51.8 Å². The normalized spacial score (nSPS) is 17.6. The van der Waals surface area contributed by atoms with Crippen molar-refractivity contribution < 1.29 is 23.9 Å². The number of rotatable bonds is 6.